The van der Waals surface area contributed by atoms with Gasteiger partial charge in [-0.3, -0.25) is 0 Å². The van der Waals surface area contributed by atoms with E-state index in [1.54, 1.807) is 30.2 Å². The summed E-state index contributed by atoms with van der Waals surface area (Å²) in [6, 6.07) is 8.47. The van der Waals surface area contributed by atoms with Gasteiger partial charge in [-0.05, 0) is 24.7 Å². The number of ether oxygens (including phenoxy) is 1. The number of thioether (sulfide) groups is 1. The zero-order valence-electron chi connectivity index (χ0n) is 10.4. The van der Waals surface area contributed by atoms with E-state index in [9.17, 15) is 0 Å². The molecule has 0 aliphatic carbocycles. The molecule has 0 saturated carbocycles. The molecular formula is C13H16N2OS2. The minimum atomic E-state index is 0.300. The number of rotatable bonds is 6. The topological polar surface area (TPSA) is 34.2 Å². The highest BCUT2D eigenvalue weighted by Gasteiger charge is 2.11. The molecule has 0 aliphatic heterocycles. The lowest BCUT2D eigenvalue weighted by atomic mass is 10.1. The average Bonchev–Trinajstić information content (AvgIpc) is 2.93. The zero-order chi connectivity index (χ0) is 12.8. The van der Waals surface area contributed by atoms with E-state index in [4.69, 9.17) is 4.74 Å². The van der Waals surface area contributed by atoms with E-state index in [1.165, 1.54) is 5.56 Å². The summed E-state index contributed by atoms with van der Waals surface area (Å²) >= 11 is 3.45. The van der Waals surface area contributed by atoms with Crippen molar-refractivity contribution < 1.29 is 4.74 Å². The molecule has 5 heteroatoms. The normalized spacial score (nSPS) is 12.3. The lowest BCUT2D eigenvalue weighted by Gasteiger charge is -2.16. The van der Waals surface area contributed by atoms with Crippen molar-refractivity contribution in [1.82, 2.24) is 10.3 Å². The highest BCUT2D eigenvalue weighted by Crippen LogP contribution is 2.27. The molecule has 1 aromatic heterocycles. The second-order valence-corrected chi connectivity index (χ2v) is 5.89. The fourth-order valence-electron chi connectivity index (χ4n) is 1.64. The maximum absolute atomic E-state index is 5.26. The summed E-state index contributed by atoms with van der Waals surface area (Å²) in [6.45, 7) is 0. The Labute approximate surface area is 116 Å². The Balaban J connectivity index is 2.03. The molecule has 2 aromatic rings. The summed E-state index contributed by atoms with van der Waals surface area (Å²) in [5.74, 6) is 1.85. The smallest absolute Gasteiger partial charge is 0.149 e. The van der Waals surface area contributed by atoms with Gasteiger partial charge in [0.25, 0.3) is 0 Å². The molecule has 3 nitrogen and oxygen atoms in total. The molecule has 0 radical (unpaired) electrons. The van der Waals surface area contributed by atoms with Gasteiger partial charge >= 0.3 is 0 Å². The number of hydrogen-bond acceptors (Lipinski definition) is 5. The summed E-state index contributed by atoms with van der Waals surface area (Å²) < 4.78 is 6.36. The Morgan fingerprint density at radius 3 is 3.06 bits per heavy atom. The van der Waals surface area contributed by atoms with E-state index in [1.807, 2.05) is 30.8 Å². The minimum Gasteiger partial charge on any atom is -0.497 e. The number of hydrogen-bond donors (Lipinski definition) is 1. The summed E-state index contributed by atoms with van der Waals surface area (Å²) in [4.78, 5) is 4.28. The van der Waals surface area contributed by atoms with E-state index in [2.05, 4.69) is 22.4 Å². The summed E-state index contributed by atoms with van der Waals surface area (Å²) in [6.07, 6.45) is 1.84. The standard InChI is InChI=1S/C13H16N2OS2/c1-14-12(9-18-13-15-6-7-17-13)10-4-3-5-11(8-10)16-2/h3-8,12,14H,9H2,1-2H3. The lowest BCUT2D eigenvalue weighted by molar-refractivity contribution is 0.413. The fraction of sp³-hybridized carbons (Fsp3) is 0.308. The van der Waals surface area contributed by atoms with Gasteiger partial charge in [0, 0.05) is 23.4 Å². The highest BCUT2D eigenvalue weighted by atomic mass is 32.2. The molecule has 1 heterocycles. The van der Waals surface area contributed by atoms with Gasteiger partial charge in [-0.2, -0.15) is 0 Å². The Morgan fingerprint density at radius 2 is 2.39 bits per heavy atom. The summed E-state index contributed by atoms with van der Waals surface area (Å²) in [7, 11) is 3.67. The van der Waals surface area contributed by atoms with Crippen molar-refractivity contribution in [1.29, 1.82) is 0 Å². The molecule has 0 spiro atoms. The van der Waals surface area contributed by atoms with Crippen LogP contribution in [-0.4, -0.2) is 24.9 Å². The second kappa shape index (κ2) is 6.78. The third-order valence-corrected chi connectivity index (χ3v) is 4.69. The number of methoxy groups -OCH3 is 1. The fourth-order valence-corrected chi connectivity index (χ4v) is 3.45. The zero-order valence-corrected chi connectivity index (χ0v) is 12.1. The Hall–Kier alpha value is -1.04. The van der Waals surface area contributed by atoms with Crippen LogP contribution in [0.4, 0.5) is 0 Å². The van der Waals surface area contributed by atoms with Gasteiger partial charge in [0.1, 0.15) is 10.1 Å². The van der Waals surface area contributed by atoms with Crippen LogP contribution in [0.1, 0.15) is 11.6 Å². The largest absolute Gasteiger partial charge is 0.497 e. The van der Waals surface area contributed by atoms with Crippen LogP contribution in [0.25, 0.3) is 0 Å². The molecule has 0 amide bonds. The molecule has 1 unspecified atom stereocenters. The number of nitrogens with zero attached hydrogens (tertiary/aromatic N) is 1. The molecule has 18 heavy (non-hydrogen) atoms. The van der Waals surface area contributed by atoms with Crippen LogP contribution >= 0.6 is 23.1 Å². The van der Waals surface area contributed by atoms with Gasteiger partial charge in [0.05, 0.1) is 7.11 Å². The van der Waals surface area contributed by atoms with Crippen LogP contribution in [0.2, 0.25) is 0 Å². The molecule has 1 aromatic carbocycles. The number of aromatic nitrogens is 1. The predicted octanol–water partition coefficient (Wildman–Crippen LogP) is 3.20. The molecule has 0 fully saturated rings. The Bertz CT molecular complexity index is 474. The first-order chi connectivity index (χ1) is 8.83. The van der Waals surface area contributed by atoms with Crippen LogP contribution < -0.4 is 10.1 Å². The summed E-state index contributed by atoms with van der Waals surface area (Å²) in [5, 5.41) is 5.33. The maximum Gasteiger partial charge on any atom is 0.149 e. The first-order valence-electron chi connectivity index (χ1n) is 5.67. The third kappa shape index (κ3) is 3.48. The molecule has 96 valence electrons. The number of benzene rings is 1. The Morgan fingerprint density at radius 1 is 1.50 bits per heavy atom. The van der Waals surface area contributed by atoms with Gasteiger partial charge in [-0.1, -0.05) is 23.9 Å². The van der Waals surface area contributed by atoms with Crippen molar-refractivity contribution in [3.05, 3.63) is 41.4 Å². The molecule has 0 bridgehead atoms. The molecule has 0 saturated heterocycles. The van der Waals surface area contributed by atoms with Crippen LogP contribution in [0, 0.1) is 0 Å². The molecule has 0 aliphatic rings. The minimum absolute atomic E-state index is 0.300. The van der Waals surface area contributed by atoms with E-state index in [0.29, 0.717) is 6.04 Å². The number of nitrogens with one attached hydrogen (secondary N) is 1. The van der Waals surface area contributed by atoms with Crippen molar-refractivity contribution in [2.24, 2.45) is 0 Å². The van der Waals surface area contributed by atoms with Gasteiger partial charge < -0.3 is 10.1 Å². The van der Waals surface area contributed by atoms with Crippen molar-refractivity contribution in [3.8, 4) is 5.75 Å². The SMILES string of the molecule is CNC(CSc1nccs1)c1cccc(OC)c1. The molecular weight excluding hydrogens is 264 g/mol. The maximum atomic E-state index is 5.26. The van der Waals surface area contributed by atoms with E-state index < -0.39 is 0 Å². The number of thiazole rings is 1. The molecule has 2 rings (SSSR count). The highest BCUT2D eigenvalue weighted by molar-refractivity contribution is 8.01. The Kier molecular flexibility index (Phi) is 5.04. The van der Waals surface area contributed by atoms with Crippen molar-refractivity contribution in [3.63, 3.8) is 0 Å². The van der Waals surface area contributed by atoms with Crippen LogP contribution in [-0.2, 0) is 0 Å². The van der Waals surface area contributed by atoms with Gasteiger partial charge in [-0.25, -0.2) is 4.98 Å². The summed E-state index contributed by atoms with van der Waals surface area (Å²) in [5.41, 5.74) is 1.24. The van der Waals surface area contributed by atoms with E-state index >= 15 is 0 Å². The van der Waals surface area contributed by atoms with Gasteiger partial charge in [0.2, 0.25) is 0 Å². The second-order valence-electron chi connectivity index (χ2n) is 3.73. The first kappa shape index (κ1) is 13.4. The monoisotopic (exact) mass is 280 g/mol. The third-order valence-electron chi connectivity index (χ3n) is 2.63. The molecule has 1 N–H and O–H groups in total. The quantitative estimate of drug-likeness (QED) is 0.824. The van der Waals surface area contributed by atoms with Crippen molar-refractivity contribution in [2.45, 2.75) is 10.4 Å². The van der Waals surface area contributed by atoms with Gasteiger partial charge in [-0.15, -0.1) is 11.3 Å². The molecule has 1 atom stereocenters. The van der Waals surface area contributed by atoms with Crippen LogP contribution in [0.5, 0.6) is 5.75 Å². The predicted molar refractivity (Wildman–Crippen MR) is 77.6 cm³/mol. The van der Waals surface area contributed by atoms with E-state index in [-0.39, 0.29) is 0 Å². The van der Waals surface area contributed by atoms with Crippen LogP contribution in [0.3, 0.4) is 0 Å². The first-order valence-corrected chi connectivity index (χ1v) is 7.53. The van der Waals surface area contributed by atoms with Crippen molar-refractivity contribution >= 4 is 23.1 Å². The average molecular weight is 280 g/mol. The van der Waals surface area contributed by atoms with Gasteiger partial charge in [0.15, 0.2) is 0 Å². The van der Waals surface area contributed by atoms with E-state index in [0.717, 1.165) is 15.8 Å². The van der Waals surface area contributed by atoms with Crippen molar-refractivity contribution in [2.75, 3.05) is 19.9 Å². The van der Waals surface area contributed by atoms with Crippen LogP contribution in [0.15, 0.2) is 40.2 Å². The lowest BCUT2D eigenvalue weighted by Crippen LogP contribution is -2.18.